The summed E-state index contributed by atoms with van der Waals surface area (Å²) in [5.74, 6) is -2.48. The highest BCUT2D eigenvalue weighted by Crippen LogP contribution is 2.44. The van der Waals surface area contributed by atoms with Crippen molar-refractivity contribution >= 4 is 45.8 Å². The Kier molecular flexibility index (Phi) is 5.17. The number of fused-ring (bicyclic) bond motifs is 2. The Morgan fingerprint density at radius 3 is 2.63 bits per heavy atom. The number of carbonyl (C=O) groups is 1. The third-order valence-corrected chi connectivity index (χ3v) is 6.78. The van der Waals surface area contributed by atoms with Gasteiger partial charge in [-0.1, -0.05) is 0 Å². The normalized spacial score (nSPS) is 13.1. The van der Waals surface area contributed by atoms with Gasteiger partial charge in [0.25, 0.3) is 5.56 Å². The molecule has 176 valence electrons. The van der Waals surface area contributed by atoms with E-state index in [1.807, 2.05) is 0 Å². The van der Waals surface area contributed by atoms with E-state index in [0.717, 1.165) is 12.5 Å². The van der Waals surface area contributed by atoms with E-state index >= 15 is 0 Å². The van der Waals surface area contributed by atoms with Crippen LogP contribution >= 0.6 is 0 Å². The number of anilines is 2. The number of nitrogens with zero attached hydrogens (tertiary/aromatic N) is 3. The number of nitrogens with one attached hydrogen (secondary N) is 1. The molecule has 1 aromatic carbocycles. The van der Waals surface area contributed by atoms with Crippen LogP contribution in [0.5, 0.6) is 0 Å². The average Bonchev–Trinajstić information content (AvgIpc) is 3.12. The highest BCUT2D eigenvalue weighted by molar-refractivity contribution is 7.89. The Morgan fingerprint density at radius 2 is 1.97 bits per heavy atom. The van der Waals surface area contributed by atoms with Gasteiger partial charge in [0.15, 0.2) is 29.3 Å². The second kappa shape index (κ2) is 7.87. The number of halogens is 2. The van der Waals surface area contributed by atoms with Gasteiger partial charge in [-0.05, 0) is 23.3 Å². The Bertz CT molecular complexity index is 1730. The zero-order valence-electron chi connectivity index (χ0n) is 18.6. The number of carbonyl (C=O) groups excluding carboxylic acids is 1. The van der Waals surface area contributed by atoms with Gasteiger partial charge in [-0.15, -0.1) is 0 Å². The lowest BCUT2D eigenvalue weighted by atomic mass is 9.88. The molecule has 4 aromatic rings. The van der Waals surface area contributed by atoms with Crippen molar-refractivity contribution in [1.82, 2.24) is 14.5 Å². The van der Waals surface area contributed by atoms with Crippen LogP contribution in [0.15, 0.2) is 41.6 Å². The molecule has 5 rings (SSSR count). The fourth-order valence-electron chi connectivity index (χ4n) is 4.52. The molecule has 1 aliphatic rings. The second-order valence-electron chi connectivity index (χ2n) is 8.53. The van der Waals surface area contributed by atoms with Crippen LogP contribution in [0.1, 0.15) is 21.5 Å². The number of pyridine rings is 2. The van der Waals surface area contributed by atoms with E-state index in [1.165, 1.54) is 21.6 Å². The molecule has 0 aliphatic carbocycles. The van der Waals surface area contributed by atoms with Gasteiger partial charge >= 0.3 is 0 Å². The fraction of sp³-hybridized carbons (Fsp3) is 0.174. The monoisotopic (exact) mass is 494 g/mol. The Hall–Kier alpha value is -3.80. The minimum Gasteiger partial charge on any atom is -0.356 e. The predicted octanol–water partition coefficient (Wildman–Crippen LogP) is 2.71. The summed E-state index contributed by atoms with van der Waals surface area (Å²) in [5, 5.41) is 0.566. The topological polar surface area (TPSA) is 105 Å². The maximum atomic E-state index is 14.9. The maximum Gasteiger partial charge on any atom is 0.274 e. The van der Waals surface area contributed by atoms with Crippen molar-refractivity contribution in [3.05, 3.63) is 75.5 Å². The van der Waals surface area contributed by atoms with E-state index in [9.17, 15) is 26.8 Å². The molecule has 0 bridgehead atoms. The number of hydrogen-bond acceptors (Lipinski definition) is 6. The van der Waals surface area contributed by atoms with E-state index in [4.69, 9.17) is 7.85 Å². The molecule has 1 aliphatic heterocycles. The molecule has 0 atom stereocenters. The standard InChI is InChI=1S/C23H17BF2N4O4S/c1-29-9-16-15-3-11(10-35(2,33)34)14(21(24)31)5-18(15)30(22-17(26)4-13(25)7-28-22)8-12-6-27-20(19(12)16)23(29)32/h3-7,9,27H,8,10H2,1-2H3. The lowest BCUT2D eigenvalue weighted by molar-refractivity contribution is 0.108. The summed E-state index contributed by atoms with van der Waals surface area (Å²) in [6.07, 6.45) is 5.10. The molecule has 35 heavy (non-hydrogen) atoms. The van der Waals surface area contributed by atoms with Crippen molar-refractivity contribution in [3.63, 3.8) is 0 Å². The molecule has 0 fully saturated rings. The largest absolute Gasteiger partial charge is 0.356 e. The third kappa shape index (κ3) is 3.83. The fourth-order valence-corrected chi connectivity index (χ4v) is 5.32. The molecule has 2 radical (unpaired) electrons. The maximum absolute atomic E-state index is 14.9. The smallest absolute Gasteiger partial charge is 0.274 e. The first-order valence-electron chi connectivity index (χ1n) is 10.4. The van der Waals surface area contributed by atoms with Gasteiger partial charge in [-0.2, -0.15) is 0 Å². The van der Waals surface area contributed by atoms with Gasteiger partial charge in [0.2, 0.25) is 0 Å². The van der Waals surface area contributed by atoms with Crippen LogP contribution in [0.3, 0.4) is 0 Å². The lowest BCUT2D eigenvalue weighted by Crippen LogP contribution is -2.20. The first-order valence-corrected chi connectivity index (χ1v) is 12.4. The van der Waals surface area contributed by atoms with E-state index in [2.05, 4.69) is 9.97 Å². The van der Waals surface area contributed by atoms with Gasteiger partial charge in [0.05, 0.1) is 24.2 Å². The number of benzene rings is 1. The second-order valence-corrected chi connectivity index (χ2v) is 10.7. The van der Waals surface area contributed by atoms with E-state index in [1.54, 1.807) is 19.4 Å². The van der Waals surface area contributed by atoms with Crippen LogP contribution in [0, 0.1) is 11.6 Å². The molecular weight excluding hydrogens is 477 g/mol. The minimum absolute atomic E-state index is 0.0202. The average molecular weight is 494 g/mol. The van der Waals surface area contributed by atoms with Crippen LogP contribution in [0.4, 0.5) is 20.3 Å². The first kappa shape index (κ1) is 23.0. The summed E-state index contributed by atoms with van der Waals surface area (Å²) >= 11 is 0. The van der Waals surface area contributed by atoms with Crippen molar-refractivity contribution in [3.8, 4) is 11.1 Å². The number of sulfone groups is 1. The molecule has 4 heterocycles. The molecule has 0 saturated carbocycles. The highest BCUT2D eigenvalue weighted by Gasteiger charge is 2.29. The van der Waals surface area contributed by atoms with Crippen molar-refractivity contribution in [1.29, 1.82) is 0 Å². The van der Waals surface area contributed by atoms with Crippen molar-refractivity contribution in [2.24, 2.45) is 7.05 Å². The first-order chi connectivity index (χ1) is 16.4. The molecule has 8 nitrogen and oxygen atoms in total. The van der Waals surface area contributed by atoms with Crippen molar-refractivity contribution < 1.29 is 22.0 Å². The molecule has 0 spiro atoms. The van der Waals surface area contributed by atoms with Gasteiger partial charge < -0.3 is 19.2 Å². The van der Waals surface area contributed by atoms with Crippen molar-refractivity contribution in [2.45, 2.75) is 12.3 Å². The lowest BCUT2D eigenvalue weighted by Gasteiger charge is -2.26. The molecular formula is C23H17BF2N4O4S. The molecule has 3 aromatic heterocycles. The Morgan fingerprint density at radius 1 is 1.23 bits per heavy atom. The SMILES string of the molecule is [B]C(=O)c1cc2c(cc1CS(C)(=O)=O)-c1cn(C)c(=O)c3[nH]cc(c13)CN2c1ncc(F)cc1F. The van der Waals surface area contributed by atoms with Crippen LogP contribution in [0.2, 0.25) is 0 Å². The van der Waals surface area contributed by atoms with E-state index in [-0.39, 0.29) is 29.0 Å². The number of aromatic nitrogens is 3. The Balaban J connectivity index is 1.91. The number of rotatable bonds is 4. The van der Waals surface area contributed by atoms with Gasteiger partial charge in [-0.25, -0.2) is 22.2 Å². The van der Waals surface area contributed by atoms with Crippen LogP contribution in [0.25, 0.3) is 22.0 Å². The summed E-state index contributed by atoms with van der Waals surface area (Å²) < 4.78 is 54.1. The summed E-state index contributed by atoms with van der Waals surface area (Å²) in [6.45, 7) is 0.0202. The quantitative estimate of drug-likeness (QED) is 0.438. The summed E-state index contributed by atoms with van der Waals surface area (Å²) in [6, 6.07) is 3.58. The van der Waals surface area contributed by atoms with Gasteiger partial charge in [0.1, 0.15) is 17.0 Å². The molecule has 1 N–H and O–H groups in total. The molecule has 0 unspecified atom stereocenters. The third-order valence-electron chi connectivity index (χ3n) is 5.95. The van der Waals surface area contributed by atoms with Crippen LogP contribution in [-0.2, 0) is 29.2 Å². The minimum atomic E-state index is -3.56. The number of H-pyrrole nitrogens is 1. The number of hydrogen-bond donors (Lipinski definition) is 1. The van der Waals surface area contributed by atoms with E-state index < -0.39 is 32.9 Å². The molecule has 0 amide bonds. The van der Waals surface area contributed by atoms with Crippen molar-refractivity contribution in [2.75, 3.05) is 11.2 Å². The summed E-state index contributed by atoms with van der Waals surface area (Å²) in [5.41, 5.74) is 1.16. The number of aryl methyl sites for hydroxylation is 1. The van der Waals surface area contributed by atoms with Gasteiger partial charge in [-0.3, -0.25) is 4.79 Å². The van der Waals surface area contributed by atoms with Gasteiger partial charge in [0, 0.05) is 53.8 Å². The van der Waals surface area contributed by atoms with E-state index in [0.29, 0.717) is 39.3 Å². The zero-order chi connectivity index (χ0) is 25.2. The van der Waals surface area contributed by atoms with Crippen LogP contribution in [-0.4, -0.2) is 42.7 Å². The highest BCUT2D eigenvalue weighted by atomic mass is 32.2. The number of aromatic amines is 1. The molecule has 12 heteroatoms. The Labute approximate surface area is 199 Å². The summed E-state index contributed by atoms with van der Waals surface area (Å²) in [7, 11) is 3.59. The zero-order valence-corrected chi connectivity index (χ0v) is 19.4. The summed E-state index contributed by atoms with van der Waals surface area (Å²) in [4.78, 5) is 33.4. The predicted molar refractivity (Wildman–Crippen MR) is 128 cm³/mol. The molecule has 0 saturated heterocycles. The van der Waals surface area contributed by atoms with Crippen LogP contribution < -0.4 is 10.5 Å².